The molecule has 0 spiro atoms. The molecular weight excluding hydrogens is 203 g/mol. The van der Waals surface area contributed by atoms with Crippen molar-refractivity contribution in [2.24, 2.45) is 10.7 Å². The van der Waals surface area contributed by atoms with E-state index >= 15 is 0 Å². The number of hydrogen-bond acceptors (Lipinski definition) is 2. The molecule has 2 N–H and O–H groups in total. The summed E-state index contributed by atoms with van der Waals surface area (Å²) in [5.74, 6) is 0. The number of rotatable bonds is 2. The van der Waals surface area contributed by atoms with E-state index < -0.39 is 0 Å². The zero-order valence-electron chi connectivity index (χ0n) is 5.97. The molecule has 0 amide bonds. The molecule has 0 rings (SSSR count). The predicted molar refractivity (Wildman–Crippen MR) is 54.1 cm³/mol. The third-order valence-electron chi connectivity index (χ3n) is 0.702. The molecule has 5 heteroatoms. The van der Waals surface area contributed by atoms with Gasteiger partial charge in [0.25, 0.3) is 0 Å². The fraction of sp³-hybridized carbons (Fsp3) is 0.167. The van der Waals surface area contributed by atoms with Gasteiger partial charge in [0, 0.05) is 5.03 Å². The van der Waals surface area contributed by atoms with Gasteiger partial charge in [-0.25, -0.2) is 4.99 Å². The van der Waals surface area contributed by atoms with Crippen molar-refractivity contribution in [3.63, 3.8) is 0 Å². The number of amidine groups is 1. The Balaban J connectivity index is 4.26. The van der Waals surface area contributed by atoms with E-state index in [1.807, 2.05) is 0 Å². The third kappa shape index (κ3) is 6.28. The summed E-state index contributed by atoms with van der Waals surface area (Å²) in [6.45, 7) is 3.42. The zero-order chi connectivity index (χ0) is 8.85. The summed E-state index contributed by atoms with van der Waals surface area (Å²) in [5, 5.41) is 0.952. The van der Waals surface area contributed by atoms with Crippen molar-refractivity contribution in [1.29, 1.82) is 0 Å². The Morgan fingerprint density at radius 2 is 2.18 bits per heavy atom. The Bertz CT molecular complexity index is 211. The van der Waals surface area contributed by atoms with Crippen LogP contribution in [-0.4, -0.2) is 11.4 Å². The molecule has 0 aromatic heterocycles. The summed E-state index contributed by atoms with van der Waals surface area (Å²) in [6.07, 6.45) is 3.23. The fourth-order valence-corrected chi connectivity index (χ4v) is 0.934. The Kier molecular flexibility index (Phi) is 5.46. The van der Waals surface area contributed by atoms with E-state index in [1.165, 1.54) is 17.8 Å². The van der Waals surface area contributed by atoms with Crippen LogP contribution >= 0.6 is 35.0 Å². The van der Waals surface area contributed by atoms with Gasteiger partial charge in [-0.15, -0.1) is 0 Å². The van der Waals surface area contributed by atoms with Crippen molar-refractivity contribution >= 4 is 40.1 Å². The lowest BCUT2D eigenvalue weighted by Gasteiger charge is -1.92. The van der Waals surface area contributed by atoms with E-state index in [4.69, 9.17) is 28.9 Å². The van der Waals surface area contributed by atoms with Crippen LogP contribution in [-0.2, 0) is 0 Å². The fourth-order valence-electron chi connectivity index (χ4n) is 0.312. The van der Waals surface area contributed by atoms with Crippen LogP contribution in [0, 0.1) is 0 Å². The summed E-state index contributed by atoms with van der Waals surface area (Å²) in [7, 11) is 0. The second-order valence-electron chi connectivity index (χ2n) is 1.57. The standard InChI is InChI=1S/C6H8Cl2N2S/c1-4(7)3-5(8)10-6(9)11-2/h3H,1H2,2H3,(H2,9,10)/b5-3-. The maximum absolute atomic E-state index is 5.58. The summed E-state index contributed by atoms with van der Waals surface area (Å²) in [4.78, 5) is 3.77. The minimum absolute atomic E-state index is 0.233. The van der Waals surface area contributed by atoms with Gasteiger partial charge < -0.3 is 5.73 Å². The number of thioether (sulfide) groups is 1. The van der Waals surface area contributed by atoms with E-state index in [0.717, 1.165) is 0 Å². The Morgan fingerprint density at radius 3 is 2.55 bits per heavy atom. The van der Waals surface area contributed by atoms with Gasteiger partial charge in [0.1, 0.15) is 5.16 Å². The largest absolute Gasteiger partial charge is 0.378 e. The molecule has 0 aliphatic carbocycles. The maximum atomic E-state index is 5.58. The van der Waals surface area contributed by atoms with Crippen molar-refractivity contribution in [2.45, 2.75) is 0 Å². The average molecular weight is 211 g/mol. The van der Waals surface area contributed by atoms with Crippen molar-refractivity contribution < 1.29 is 0 Å². The first-order valence-corrected chi connectivity index (χ1v) is 4.64. The number of halogens is 2. The second-order valence-corrected chi connectivity index (χ2v) is 3.27. The highest BCUT2D eigenvalue weighted by Gasteiger charge is 1.91. The highest BCUT2D eigenvalue weighted by molar-refractivity contribution is 8.13. The molecule has 0 heterocycles. The van der Waals surface area contributed by atoms with Gasteiger partial charge in [0.15, 0.2) is 5.17 Å². The molecule has 0 saturated carbocycles. The zero-order valence-corrected chi connectivity index (χ0v) is 8.30. The van der Waals surface area contributed by atoms with Gasteiger partial charge >= 0.3 is 0 Å². The number of aliphatic imine (C=N–C) groups is 1. The third-order valence-corrected chi connectivity index (χ3v) is 1.51. The lowest BCUT2D eigenvalue weighted by Crippen LogP contribution is -2.04. The van der Waals surface area contributed by atoms with E-state index in [1.54, 1.807) is 6.26 Å². The number of nitrogens with zero attached hydrogens (tertiary/aromatic N) is 1. The molecule has 2 nitrogen and oxygen atoms in total. The van der Waals surface area contributed by atoms with Gasteiger partial charge in [0.2, 0.25) is 0 Å². The van der Waals surface area contributed by atoms with E-state index in [-0.39, 0.29) is 5.16 Å². The van der Waals surface area contributed by atoms with Crippen LogP contribution in [0.5, 0.6) is 0 Å². The summed E-state index contributed by atoms with van der Waals surface area (Å²) >= 11 is 12.3. The van der Waals surface area contributed by atoms with Gasteiger partial charge in [-0.05, 0) is 12.3 Å². The second kappa shape index (κ2) is 5.52. The molecule has 0 fully saturated rings. The quantitative estimate of drug-likeness (QED) is 0.330. The molecule has 0 aliphatic heterocycles. The minimum Gasteiger partial charge on any atom is -0.378 e. The maximum Gasteiger partial charge on any atom is 0.159 e. The molecule has 0 saturated heterocycles. The number of allylic oxidation sites excluding steroid dienone is 2. The molecule has 0 aromatic carbocycles. The van der Waals surface area contributed by atoms with E-state index in [2.05, 4.69) is 11.6 Å². The molecule has 62 valence electrons. The van der Waals surface area contributed by atoms with Crippen molar-refractivity contribution in [1.82, 2.24) is 0 Å². The molecule has 0 aromatic rings. The predicted octanol–water partition coefficient (Wildman–Crippen LogP) is 2.50. The number of nitrogens with two attached hydrogens (primary N) is 1. The van der Waals surface area contributed by atoms with Crippen LogP contribution in [0.25, 0.3) is 0 Å². The lowest BCUT2D eigenvalue weighted by molar-refractivity contribution is 1.49. The van der Waals surface area contributed by atoms with Crippen molar-refractivity contribution in [3.8, 4) is 0 Å². The lowest BCUT2D eigenvalue weighted by atomic mass is 10.6. The van der Waals surface area contributed by atoms with E-state index in [0.29, 0.717) is 10.2 Å². The molecular formula is C6H8Cl2N2S. The SMILES string of the molecule is C=C(Cl)/C=C(Cl)\N=C(/N)SC. The summed E-state index contributed by atoms with van der Waals surface area (Å²) in [5.41, 5.74) is 5.36. The smallest absolute Gasteiger partial charge is 0.159 e. The van der Waals surface area contributed by atoms with Crippen LogP contribution < -0.4 is 5.73 Å². The van der Waals surface area contributed by atoms with E-state index in [9.17, 15) is 0 Å². The number of hydrogen-bond donors (Lipinski definition) is 1. The van der Waals surface area contributed by atoms with Crippen LogP contribution in [0.4, 0.5) is 0 Å². The molecule has 11 heavy (non-hydrogen) atoms. The van der Waals surface area contributed by atoms with Gasteiger partial charge in [0.05, 0.1) is 0 Å². The molecule has 0 aliphatic rings. The Hall–Kier alpha value is -0.120. The van der Waals surface area contributed by atoms with Crippen LogP contribution in [0.15, 0.2) is 27.8 Å². The first-order chi connectivity index (χ1) is 5.06. The highest BCUT2D eigenvalue weighted by Crippen LogP contribution is 2.10. The Morgan fingerprint density at radius 1 is 1.64 bits per heavy atom. The van der Waals surface area contributed by atoms with Crippen LogP contribution in [0.1, 0.15) is 0 Å². The first kappa shape index (κ1) is 10.9. The Labute approximate surface area is 80.1 Å². The average Bonchev–Trinajstić information content (AvgIpc) is 1.85. The molecule has 0 radical (unpaired) electrons. The normalized spacial score (nSPS) is 13.4. The van der Waals surface area contributed by atoms with Crippen LogP contribution in [0.3, 0.4) is 0 Å². The highest BCUT2D eigenvalue weighted by atomic mass is 35.5. The summed E-state index contributed by atoms with van der Waals surface area (Å²) < 4.78 is 0. The van der Waals surface area contributed by atoms with Crippen molar-refractivity contribution in [2.75, 3.05) is 6.26 Å². The van der Waals surface area contributed by atoms with Crippen molar-refractivity contribution in [3.05, 3.63) is 22.8 Å². The van der Waals surface area contributed by atoms with Gasteiger partial charge in [-0.1, -0.05) is 41.5 Å². The van der Waals surface area contributed by atoms with Gasteiger partial charge in [-0.3, -0.25) is 0 Å². The molecule has 0 bridgehead atoms. The monoisotopic (exact) mass is 210 g/mol. The van der Waals surface area contributed by atoms with Crippen LogP contribution in [0.2, 0.25) is 0 Å². The first-order valence-electron chi connectivity index (χ1n) is 2.66. The molecule has 0 atom stereocenters. The topological polar surface area (TPSA) is 38.4 Å². The summed E-state index contributed by atoms with van der Waals surface area (Å²) in [6, 6.07) is 0. The molecule has 0 unspecified atom stereocenters. The van der Waals surface area contributed by atoms with Gasteiger partial charge in [-0.2, -0.15) is 0 Å². The minimum atomic E-state index is 0.233.